The van der Waals surface area contributed by atoms with E-state index in [-0.39, 0.29) is 16.7 Å². The molecule has 3 heterocycles. The van der Waals surface area contributed by atoms with E-state index in [1.807, 2.05) is 24.0 Å². The van der Waals surface area contributed by atoms with Crippen molar-refractivity contribution in [2.24, 2.45) is 0 Å². The Hall–Kier alpha value is -2.15. The average molecular weight is 461 g/mol. The van der Waals surface area contributed by atoms with Crippen molar-refractivity contribution in [3.63, 3.8) is 0 Å². The summed E-state index contributed by atoms with van der Waals surface area (Å²) in [5.74, 6) is -0.0780. The van der Waals surface area contributed by atoms with Crippen molar-refractivity contribution in [1.29, 1.82) is 0 Å². The molecule has 0 spiro atoms. The van der Waals surface area contributed by atoms with Crippen molar-refractivity contribution in [3.8, 4) is 0 Å². The van der Waals surface area contributed by atoms with Crippen LogP contribution in [0.3, 0.4) is 0 Å². The minimum atomic E-state index is -0.381. The van der Waals surface area contributed by atoms with Crippen LogP contribution in [-0.4, -0.2) is 58.1 Å². The lowest BCUT2D eigenvalue weighted by atomic mass is 9.86. The maximum Gasteiger partial charge on any atom is 0.255 e. The fraction of sp³-hybridized carbons (Fsp3) is 0.391. The standard InChI is InChI=1S/C23H23Cl2FN4O/c1-13-21-20(28-27-13)7-5-17(22(21)25)23(31)30-9-8-29-11-15(2-4-16(29)12-30)14-3-6-19(26)18(24)10-14/h3,5-7,10,15-16H,2,4,8-9,11-12H2,1H3,(H,27,28)/t15-,16+/m0/s1. The summed E-state index contributed by atoms with van der Waals surface area (Å²) in [6.45, 7) is 4.94. The Morgan fingerprint density at radius 2 is 2.00 bits per heavy atom. The highest BCUT2D eigenvalue weighted by Gasteiger charge is 2.35. The van der Waals surface area contributed by atoms with Crippen LogP contribution in [0, 0.1) is 12.7 Å². The molecule has 2 aliphatic heterocycles. The zero-order valence-electron chi connectivity index (χ0n) is 17.2. The van der Waals surface area contributed by atoms with Gasteiger partial charge >= 0.3 is 0 Å². The van der Waals surface area contributed by atoms with Crippen molar-refractivity contribution in [2.75, 3.05) is 26.2 Å². The Morgan fingerprint density at radius 3 is 2.81 bits per heavy atom. The molecule has 0 aliphatic carbocycles. The zero-order valence-corrected chi connectivity index (χ0v) is 18.7. The van der Waals surface area contributed by atoms with Gasteiger partial charge in [-0.05, 0) is 55.5 Å². The predicted octanol–water partition coefficient (Wildman–Crippen LogP) is 5.02. The number of carbonyl (C=O) groups excluding carboxylic acids is 1. The first-order chi connectivity index (χ1) is 14.9. The Bertz CT molecular complexity index is 1160. The van der Waals surface area contributed by atoms with Crippen LogP contribution >= 0.6 is 23.2 Å². The van der Waals surface area contributed by atoms with Gasteiger partial charge in [0.25, 0.3) is 5.91 Å². The van der Waals surface area contributed by atoms with Gasteiger partial charge in [0.1, 0.15) is 5.82 Å². The number of piperazine rings is 1. The van der Waals surface area contributed by atoms with Crippen LogP contribution in [0.2, 0.25) is 10.0 Å². The number of hydrogen-bond donors (Lipinski definition) is 1. The second kappa shape index (κ2) is 8.08. The Morgan fingerprint density at radius 1 is 1.16 bits per heavy atom. The zero-order chi connectivity index (χ0) is 21.7. The molecular formula is C23H23Cl2FN4O. The largest absolute Gasteiger partial charge is 0.336 e. The van der Waals surface area contributed by atoms with Crippen LogP contribution in [-0.2, 0) is 0 Å². The van der Waals surface area contributed by atoms with Gasteiger partial charge < -0.3 is 4.90 Å². The molecule has 2 saturated heterocycles. The van der Waals surface area contributed by atoms with Gasteiger partial charge in [0, 0.05) is 37.6 Å². The minimum absolute atomic E-state index is 0.0282. The monoisotopic (exact) mass is 460 g/mol. The molecule has 162 valence electrons. The molecule has 0 saturated carbocycles. The third kappa shape index (κ3) is 3.71. The smallest absolute Gasteiger partial charge is 0.255 e. The van der Waals surface area contributed by atoms with Crippen molar-refractivity contribution < 1.29 is 9.18 Å². The molecule has 0 bridgehead atoms. The van der Waals surface area contributed by atoms with Gasteiger partial charge in [-0.15, -0.1) is 0 Å². The molecule has 3 aromatic rings. The number of nitrogens with zero attached hydrogens (tertiary/aromatic N) is 3. The number of benzene rings is 2. The molecular weight excluding hydrogens is 438 g/mol. The molecule has 1 amide bonds. The number of carbonyl (C=O) groups is 1. The third-order valence-corrected chi connectivity index (χ3v) is 7.37. The molecule has 31 heavy (non-hydrogen) atoms. The summed E-state index contributed by atoms with van der Waals surface area (Å²) < 4.78 is 13.5. The summed E-state index contributed by atoms with van der Waals surface area (Å²) in [6.07, 6.45) is 1.98. The molecule has 1 N–H and O–H groups in total. The molecule has 0 unspecified atom stereocenters. The molecule has 8 heteroatoms. The number of rotatable bonds is 2. The van der Waals surface area contributed by atoms with Crippen LogP contribution in [0.15, 0.2) is 30.3 Å². The number of H-pyrrole nitrogens is 1. The molecule has 2 aliphatic rings. The van der Waals surface area contributed by atoms with Gasteiger partial charge in [-0.25, -0.2) is 4.39 Å². The molecule has 2 aromatic carbocycles. The normalized spacial score (nSPS) is 22.0. The fourth-order valence-electron chi connectivity index (χ4n) is 4.96. The lowest BCUT2D eigenvalue weighted by Gasteiger charge is -2.46. The van der Waals surface area contributed by atoms with Gasteiger partial charge in [-0.3, -0.25) is 14.8 Å². The van der Waals surface area contributed by atoms with E-state index in [0.717, 1.165) is 48.1 Å². The molecule has 2 atom stereocenters. The molecule has 2 fully saturated rings. The highest BCUT2D eigenvalue weighted by Crippen LogP contribution is 2.34. The van der Waals surface area contributed by atoms with Crippen LogP contribution in [0.5, 0.6) is 0 Å². The van der Waals surface area contributed by atoms with Crippen molar-refractivity contribution in [2.45, 2.75) is 31.7 Å². The van der Waals surface area contributed by atoms with Crippen LogP contribution in [0.4, 0.5) is 4.39 Å². The molecule has 5 rings (SSSR count). The van der Waals surface area contributed by atoms with E-state index < -0.39 is 0 Å². The van der Waals surface area contributed by atoms with E-state index in [4.69, 9.17) is 23.2 Å². The second-order valence-corrected chi connectivity index (χ2v) is 9.29. The van der Waals surface area contributed by atoms with Gasteiger partial charge in [0.2, 0.25) is 0 Å². The first-order valence-corrected chi connectivity index (χ1v) is 11.3. The Kier molecular flexibility index (Phi) is 5.40. The van der Waals surface area contributed by atoms with E-state index in [0.29, 0.717) is 35.6 Å². The maximum absolute atomic E-state index is 13.5. The Labute approximate surface area is 190 Å². The number of fused-ring (bicyclic) bond motifs is 2. The van der Waals surface area contributed by atoms with Gasteiger partial charge in [0.05, 0.1) is 26.8 Å². The summed E-state index contributed by atoms with van der Waals surface area (Å²) in [5, 5.41) is 8.59. The van der Waals surface area contributed by atoms with Gasteiger partial charge in [0.15, 0.2) is 0 Å². The minimum Gasteiger partial charge on any atom is -0.336 e. The lowest BCUT2D eigenvalue weighted by Crippen LogP contribution is -2.57. The average Bonchev–Trinajstić information content (AvgIpc) is 3.16. The van der Waals surface area contributed by atoms with E-state index in [2.05, 4.69) is 15.1 Å². The topological polar surface area (TPSA) is 52.2 Å². The molecule has 0 radical (unpaired) electrons. The number of halogens is 3. The maximum atomic E-state index is 13.5. The summed E-state index contributed by atoms with van der Waals surface area (Å²) in [6, 6.07) is 9.00. The summed E-state index contributed by atoms with van der Waals surface area (Å²) in [7, 11) is 0. The van der Waals surface area contributed by atoms with E-state index in [1.165, 1.54) is 6.07 Å². The number of hydrogen-bond acceptors (Lipinski definition) is 3. The van der Waals surface area contributed by atoms with Crippen molar-refractivity contribution >= 4 is 40.0 Å². The number of aromatic amines is 1. The SMILES string of the molecule is Cc1n[nH]c2ccc(C(=O)N3CCN4C[C@@H](c5ccc(F)c(Cl)c5)CC[C@@H]4C3)c(Cl)c12. The highest BCUT2D eigenvalue weighted by molar-refractivity contribution is 6.38. The van der Waals surface area contributed by atoms with Crippen molar-refractivity contribution in [3.05, 3.63) is 63.0 Å². The van der Waals surface area contributed by atoms with Crippen molar-refractivity contribution in [1.82, 2.24) is 20.0 Å². The number of piperidine rings is 1. The van der Waals surface area contributed by atoms with E-state index >= 15 is 0 Å². The molecule has 5 nitrogen and oxygen atoms in total. The fourth-order valence-corrected chi connectivity index (χ4v) is 5.53. The third-order valence-electron chi connectivity index (χ3n) is 6.69. The second-order valence-electron chi connectivity index (χ2n) is 8.51. The predicted molar refractivity (Wildman–Crippen MR) is 120 cm³/mol. The van der Waals surface area contributed by atoms with E-state index in [1.54, 1.807) is 12.1 Å². The Balaban J connectivity index is 1.30. The first kappa shape index (κ1) is 20.7. The van der Waals surface area contributed by atoms with Gasteiger partial charge in [-0.1, -0.05) is 29.3 Å². The van der Waals surface area contributed by atoms with E-state index in [9.17, 15) is 9.18 Å². The summed E-state index contributed by atoms with van der Waals surface area (Å²) >= 11 is 12.6. The first-order valence-electron chi connectivity index (χ1n) is 10.5. The quantitative estimate of drug-likeness (QED) is 0.583. The number of nitrogens with one attached hydrogen (secondary N) is 1. The number of aryl methyl sites for hydroxylation is 1. The highest BCUT2D eigenvalue weighted by atomic mass is 35.5. The number of aromatic nitrogens is 2. The summed E-state index contributed by atoms with van der Waals surface area (Å²) in [4.78, 5) is 17.6. The van der Waals surface area contributed by atoms with Crippen LogP contribution < -0.4 is 0 Å². The van der Waals surface area contributed by atoms with Gasteiger partial charge in [-0.2, -0.15) is 5.10 Å². The lowest BCUT2D eigenvalue weighted by molar-refractivity contribution is 0.0329. The summed E-state index contributed by atoms with van der Waals surface area (Å²) in [5.41, 5.74) is 3.24. The van der Waals surface area contributed by atoms with Crippen LogP contribution in [0.1, 0.15) is 40.4 Å². The van der Waals surface area contributed by atoms with Crippen LogP contribution in [0.25, 0.3) is 10.9 Å². The number of amides is 1. The molecule has 1 aromatic heterocycles.